The molecule has 0 fully saturated rings. The summed E-state index contributed by atoms with van der Waals surface area (Å²) < 4.78 is 1.60. The largest absolute Gasteiger partial charge is 0.477 e. The lowest BCUT2D eigenvalue weighted by atomic mass is 10.3. The van der Waals surface area contributed by atoms with Gasteiger partial charge in [0.25, 0.3) is 0 Å². The number of aromatic carboxylic acids is 1. The molecule has 2 heterocycles. The van der Waals surface area contributed by atoms with Gasteiger partial charge in [-0.3, -0.25) is 9.48 Å². The number of amides is 1. The predicted octanol–water partition coefficient (Wildman–Crippen LogP) is 1.23. The van der Waals surface area contributed by atoms with Crippen LogP contribution in [0.25, 0.3) is 0 Å². The topological polar surface area (TPSA) is 97.1 Å². The molecule has 20 heavy (non-hydrogen) atoms. The summed E-state index contributed by atoms with van der Waals surface area (Å²) >= 11 is 0. The molecule has 2 aromatic heterocycles. The monoisotopic (exact) mass is 274 g/mol. The lowest BCUT2D eigenvalue weighted by molar-refractivity contribution is -0.116. The first-order valence-corrected chi connectivity index (χ1v) is 5.96. The second-order valence-corrected chi connectivity index (χ2v) is 4.37. The number of aryl methyl sites for hydroxylation is 2. The van der Waals surface area contributed by atoms with E-state index in [4.69, 9.17) is 5.11 Å². The molecular formula is C13H14N4O3. The first-order valence-electron chi connectivity index (χ1n) is 5.96. The fraction of sp³-hybridized carbons (Fsp3) is 0.231. The van der Waals surface area contributed by atoms with Crippen molar-refractivity contribution in [3.63, 3.8) is 0 Å². The summed E-state index contributed by atoms with van der Waals surface area (Å²) in [6.45, 7) is 3.83. The van der Waals surface area contributed by atoms with E-state index in [2.05, 4.69) is 15.4 Å². The molecule has 2 N–H and O–H groups in total. The second kappa shape index (κ2) is 5.52. The van der Waals surface area contributed by atoms with E-state index in [1.165, 1.54) is 18.3 Å². The van der Waals surface area contributed by atoms with Crippen molar-refractivity contribution in [2.24, 2.45) is 0 Å². The van der Waals surface area contributed by atoms with Crippen molar-refractivity contribution in [3.05, 3.63) is 41.5 Å². The van der Waals surface area contributed by atoms with E-state index in [0.717, 1.165) is 11.4 Å². The summed E-state index contributed by atoms with van der Waals surface area (Å²) in [7, 11) is 0. The minimum absolute atomic E-state index is 0.0680. The Morgan fingerprint density at radius 3 is 2.60 bits per heavy atom. The van der Waals surface area contributed by atoms with Gasteiger partial charge < -0.3 is 10.4 Å². The molecular weight excluding hydrogens is 260 g/mol. The number of hydrogen-bond donors (Lipinski definition) is 2. The number of pyridine rings is 1. The fourth-order valence-electron chi connectivity index (χ4n) is 1.77. The van der Waals surface area contributed by atoms with Crippen LogP contribution in [0.15, 0.2) is 24.4 Å². The number of hydrogen-bond acceptors (Lipinski definition) is 4. The first-order chi connectivity index (χ1) is 9.45. The summed E-state index contributed by atoms with van der Waals surface area (Å²) in [6.07, 6.45) is 1.31. The van der Waals surface area contributed by atoms with Crippen LogP contribution >= 0.6 is 0 Å². The van der Waals surface area contributed by atoms with E-state index in [9.17, 15) is 9.59 Å². The third-order valence-corrected chi connectivity index (χ3v) is 2.66. The van der Waals surface area contributed by atoms with Crippen LogP contribution in [-0.4, -0.2) is 31.7 Å². The van der Waals surface area contributed by atoms with Gasteiger partial charge in [-0.05, 0) is 32.0 Å². The Morgan fingerprint density at radius 2 is 2.10 bits per heavy atom. The highest BCUT2D eigenvalue weighted by Crippen LogP contribution is 2.07. The Hall–Kier alpha value is -2.70. The number of nitrogens with one attached hydrogen (secondary N) is 1. The zero-order valence-corrected chi connectivity index (χ0v) is 11.1. The second-order valence-electron chi connectivity index (χ2n) is 4.37. The quantitative estimate of drug-likeness (QED) is 0.874. The first kappa shape index (κ1) is 13.7. The molecule has 0 spiro atoms. The van der Waals surface area contributed by atoms with Gasteiger partial charge in [-0.2, -0.15) is 5.10 Å². The lowest BCUT2D eigenvalue weighted by Gasteiger charge is -2.06. The number of carbonyl (C=O) groups is 2. The Kier molecular flexibility index (Phi) is 3.79. The van der Waals surface area contributed by atoms with Gasteiger partial charge in [0.05, 0.1) is 17.6 Å². The Bertz CT molecular complexity index is 646. The molecule has 0 aliphatic rings. The van der Waals surface area contributed by atoms with Crippen molar-refractivity contribution in [2.45, 2.75) is 20.4 Å². The van der Waals surface area contributed by atoms with Crippen molar-refractivity contribution < 1.29 is 14.7 Å². The van der Waals surface area contributed by atoms with Crippen LogP contribution in [0, 0.1) is 13.8 Å². The van der Waals surface area contributed by atoms with Crippen molar-refractivity contribution in [2.75, 3.05) is 5.32 Å². The highest BCUT2D eigenvalue weighted by molar-refractivity contribution is 5.91. The molecule has 7 heteroatoms. The minimum Gasteiger partial charge on any atom is -0.477 e. The van der Waals surface area contributed by atoms with Crippen molar-refractivity contribution >= 4 is 17.6 Å². The molecule has 0 radical (unpaired) electrons. The summed E-state index contributed by atoms with van der Waals surface area (Å²) in [4.78, 5) is 26.2. The number of carboxylic acids is 1. The maximum absolute atomic E-state index is 11.8. The third kappa shape index (κ3) is 3.19. The normalized spacial score (nSPS) is 10.3. The van der Waals surface area contributed by atoms with E-state index in [-0.39, 0.29) is 18.1 Å². The Labute approximate surface area is 115 Å². The smallest absolute Gasteiger partial charge is 0.354 e. The zero-order valence-electron chi connectivity index (χ0n) is 11.1. The van der Waals surface area contributed by atoms with Crippen LogP contribution in [0.2, 0.25) is 0 Å². The number of anilines is 1. The molecule has 0 aliphatic heterocycles. The molecule has 0 unspecified atom stereocenters. The summed E-state index contributed by atoms with van der Waals surface area (Å²) in [5.74, 6) is -1.36. The molecule has 2 rings (SSSR count). The molecule has 0 bridgehead atoms. The average molecular weight is 274 g/mol. The van der Waals surface area contributed by atoms with Gasteiger partial charge in [0.1, 0.15) is 12.2 Å². The molecule has 1 amide bonds. The summed E-state index contributed by atoms with van der Waals surface area (Å²) in [5, 5.41) is 15.6. The van der Waals surface area contributed by atoms with Gasteiger partial charge in [0.2, 0.25) is 5.91 Å². The van der Waals surface area contributed by atoms with Gasteiger partial charge in [0, 0.05) is 5.69 Å². The van der Waals surface area contributed by atoms with Gasteiger partial charge in [-0.15, -0.1) is 0 Å². The number of carbonyl (C=O) groups excluding carboxylic acids is 1. The van der Waals surface area contributed by atoms with Crippen LogP contribution in [0.4, 0.5) is 5.69 Å². The molecule has 0 saturated carbocycles. The maximum atomic E-state index is 11.8. The fourth-order valence-corrected chi connectivity index (χ4v) is 1.77. The van der Waals surface area contributed by atoms with Crippen LogP contribution in [0.5, 0.6) is 0 Å². The number of nitrogens with zero attached hydrogens (tertiary/aromatic N) is 3. The van der Waals surface area contributed by atoms with Crippen LogP contribution in [0.3, 0.4) is 0 Å². The summed E-state index contributed by atoms with van der Waals surface area (Å²) in [5.41, 5.74) is 2.13. The molecule has 2 aromatic rings. The molecule has 0 atom stereocenters. The van der Waals surface area contributed by atoms with Gasteiger partial charge >= 0.3 is 5.97 Å². The van der Waals surface area contributed by atoms with E-state index in [1.54, 1.807) is 4.68 Å². The molecule has 0 aromatic carbocycles. The minimum atomic E-state index is -1.11. The number of rotatable bonds is 4. The van der Waals surface area contributed by atoms with Crippen molar-refractivity contribution in [3.8, 4) is 0 Å². The Balaban J connectivity index is 2.01. The standard InChI is InChI=1S/C13H14N4O3/c1-8-5-9(2)17(16-8)7-12(18)15-10-3-4-11(13(19)20)14-6-10/h3-6H,7H2,1-2H3,(H,15,18)(H,19,20). The van der Waals surface area contributed by atoms with Gasteiger partial charge in [-0.25, -0.2) is 9.78 Å². The predicted molar refractivity (Wildman–Crippen MR) is 71.5 cm³/mol. The number of aromatic nitrogens is 3. The molecule has 7 nitrogen and oxygen atoms in total. The van der Waals surface area contributed by atoms with Crippen LogP contribution in [0.1, 0.15) is 21.9 Å². The molecule has 0 saturated heterocycles. The molecule has 0 aliphatic carbocycles. The SMILES string of the molecule is Cc1cc(C)n(CC(=O)Nc2ccc(C(=O)O)nc2)n1. The van der Waals surface area contributed by atoms with Crippen molar-refractivity contribution in [1.82, 2.24) is 14.8 Å². The average Bonchev–Trinajstić information content (AvgIpc) is 2.68. The third-order valence-electron chi connectivity index (χ3n) is 2.66. The van der Waals surface area contributed by atoms with Crippen molar-refractivity contribution in [1.29, 1.82) is 0 Å². The zero-order chi connectivity index (χ0) is 14.7. The van der Waals surface area contributed by atoms with E-state index in [0.29, 0.717) is 5.69 Å². The molecule has 104 valence electrons. The van der Waals surface area contributed by atoms with E-state index in [1.807, 2.05) is 19.9 Å². The van der Waals surface area contributed by atoms with Gasteiger partial charge in [-0.1, -0.05) is 0 Å². The van der Waals surface area contributed by atoms with E-state index < -0.39 is 5.97 Å². The highest BCUT2D eigenvalue weighted by Gasteiger charge is 2.09. The maximum Gasteiger partial charge on any atom is 0.354 e. The van der Waals surface area contributed by atoms with Crippen LogP contribution < -0.4 is 5.32 Å². The summed E-state index contributed by atoms with van der Waals surface area (Å²) in [6, 6.07) is 4.72. The number of carboxylic acid groups (broad SMARTS) is 1. The van der Waals surface area contributed by atoms with Crippen LogP contribution in [-0.2, 0) is 11.3 Å². The lowest BCUT2D eigenvalue weighted by Crippen LogP contribution is -2.20. The van der Waals surface area contributed by atoms with E-state index >= 15 is 0 Å². The van der Waals surface area contributed by atoms with Gasteiger partial charge in [0.15, 0.2) is 0 Å². The Morgan fingerprint density at radius 1 is 1.35 bits per heavy atom. The highest BCUT2D eigenvalue weighted by atomic mass is 16.4.